The molecule has 0 aliphatic carbocycles. The lowest BCUT2D eigenvalue weighted by Crippen LogP contribution is -2.19. The van der Waals surface area contributed by atoms with Crippen molar-refractivity contribution in [3.8, 4) is 5.75 Å². The van der Waals surface area contributed by atoms with Crippen LogP contribution in [-0.4, -0.2) is 22.0 Å². The number of benzene rings is 2. The minimum absolute atomic E-state index is 0.427. The topological polar surface area (TPSA) is 51.1 Å². The van der Waals surface area contributed by atoms with Gasteiger partial charge in [-0.05, 0) is 70.1 Å². The van der Waals surface area contributed by atoms with Gasteiger partial charge in [0, 0.05) is 21.9 Å². The first-order chi connectivity index (χ1) is 12.9. The van der Waals surface area contributed by atoms with E-state index in [0.717, 1.165) is 21.5 Å². The monoisotopic (exact) mass is 484 g/mol. The molecular formula is C18H15BrCl2N4OS. The van der Waals surface area contributed by atoms with Gasteiger partial charge in [-0.15, -0.1) is 0 Å². The van der Waals surface area contributed by atoms with Crippen molar-refractivity contribution in [2.45, 2.75) is 6.54 Å². The van der Waals surface area contributed by atoms with Crippen LogP contribution in [0.3, 0.4) is 0 Å². The van der Waals surface area contributed by atoms with E-state index in [1.165, 1.54) is 0 Å². The van der Waals surface area contributed by atoms with Crippen LogP contribution in [0.5, 0.6) is 5.75 Å². The van der Waals surface area contributed by atoms with Crippen LogP contribution in [0.4, 0.5) is 11.5 Å². The van der Waals surface area contributed by atoms with Crippen LogP contribution in [-0.2, 0) is 6.54 Å². The van der Waals surface area contributed by atoms with Crippen LogP contribution >= 0.6 is 51.3 Å². The highest BCUT2D eigenvalue weighted by Crippen LogP contribution is 2.25. The van der Waals surface area contributed by atoms with Crippen molar-refractivity contribution in [2.75, 3.05) is 17.7 Å². The van der Waals surface area contributed by atoms with E-state index in [1.807, 2.05) is 36.5 Å². The second-order valence-electron chi connectivity index (χ2n) is 5.57. The summed E-state index contributed by atoms with van der Waals surface area (Å²) in [6, 6.07) is 12.9. The van der Waals surface area contributed by atoms with Gasteiger partial charge >= 0.3 is 0 Å². The number of hydrogen-bond acceptors (Lipinski definition) is 3. The van der Waals surface area contributed by atoms with Gasteiger partial charge in [-0.1, -0.05) is 29.3 Å². The molecule has 0 atom stereocenters. The summed E-state index contributed by atoms with van der Waals surface area (Å²) >= 11 is 21.0. The van der Waals surface area contributed by atoms with Crippen LogP contribution in [0.1, 0.15) is 5.56 Å². The standard InChI is InChI=1S/C18H15BrCl2N4OS/c1-26-14-6-4-13(5-7-14)22-18(27)23-17-15(19)10-25(24-17)9-11-2-3-12(20)8-16(11)21/h2-8,10H,9H2,1H3,(H2,22,23,24,27). The smallest absolute Gasteiger partial charge is 0.176 e. The number of rotatable bonds is 5. The molecule has 1 aromatic heterocycles. The van der Waals surface area contributed by atoms with Crippen molar-refractivity contribution < 1.29 is 4.74 Å². The molecule has 5 nitrogen and oxygen atoms in total. The number of hydrogen-bond donors (Lipinski definition) is 2. The van der Waals surface area contributed by atoms with E-state index >= 15 is 0 Å². The van der Waals surface area contributed by atoms with Crippen molar-refractivity contribution in [1.82, 2.24) is 9.78 Å². The zero-order chi connectivity index (χ0) is 19.4. The Bertz CT molecular complexity index is 962. The molecular weight excluding hydrogens is 471 g/mol. The van der Waals surface area contributed by atoms with Crippen LogP contribution in [0, 0.1) is 0 Å². The molecule has 0 spiro atoms. The molecule has 3 rings (SSSR count). The van der Waals surface area contributed by atoms with E-state index in [9.17, 15) is 0 Å². The molecule has 1 heterocycles. The van der Waals surface area contributed by atoms with Crippen molar-refractivity contribution in [1.29, 1.82) is 0 Å². The third kappa shape index (κ3) is 5.35. The molecule has 27 heavy (non-hydrogen) atoms. The fraction of sp³-hybridized carbons (Fsp3) is 0.111. The van der Waals surface area contributed by atoms with Crippen LogP contribution in [0.2, 0.25) is 10.0 Å². The Morgan fingerprint density at radius 1 is 1.19 bits per heavy atom. The van der Waals surface area contributed by atoms with E-state index in [1.54, 1.807) is 23.9 Å². The lowest BCUT2D eigenvalue weighted by atomic mass is 10.2. The number of nitrogens with zero attached hydrogens (tertiary/aromatic N) is 2. The van der Waals surface area contributed by atoms with E-state index in [-0.39, 0.29) is 0 Å². The number of halogens is 3. The Labute approximate surface area is 180 Å². The minimum Gasteiger partial charge on any atom is -0.497 e. The Morgan fingerprint density at radius 3 is 2.59 bits per heavy atom. The number of ether oxygens (including phenoxy) is 1. The Balaban J connectivity index is 1.65. The van der Waals surface area contributed by atoms with E-state index < -0.39 is 0 Å². The third-order valence-electron chi connectivity index (χ3n) is 3.64. The quantitative estimate of drug-likeness (QED) is 0.446. The summed E-state index contributed by atoms with van der Waals surface area (Å²) in [6.07, 6.45) is 1.85. The lowest BCUT2D eigenvalue weighted by Gasteiger charge is -2.09. The SMILES string of the molecule is COc1ccc(NC(=S)Nc2nn(Cc3ccc(Cl)cc3Cl)cc2Br)cc1. The Kier molecular flexibility index (Phi) is 6.59. The van der Waals surface area contributed by atoms with Gasteiger partial charge in [0.05, 0.1) is 18.1 Å². The maximum atomic E-state index is 6.23. The first-order valence-corrected chi connectivity index (χ1v) is 9.79. The summed E-state index contributed by atoms with van der Waals surface area (Å²) in [6.45, 7) is 0.509. The second-order valence-corrected chi connectivity index (χ2v) is 7.67. The van der Waals surface area contributed by atoms with Gasteiger partial charge in [0.25, 0.3) is 0 Å². The summed E-state index contributed by atoms with van der Waals surface area (Å²) in [5, 5.41) is 12.3. The molecule has 2 aromatic carbocycles. The fourth-order valence-electron chi connectivity index (χ4n) is 2.33. The maximum Gasteiger partial charge on any atom is 0.176 e. The predicted molar refractivity (Wildman–Crippen MR) is 118 cm³/mol. The summed E-state index contributed by atoms with van der Waals surface area (Å²) < 4.78 is 7.69. The van der Waals surface area contributed by atoms with Gasteiger partial charge in [-0.3, -0.25) is 4.68 Å². The second kappa shape index (κ2) is 8.93. The molecule has 140 valence electrons. The van der Waals surface area contributed by atoms with Gasteiger partial charge in [-0.25, -0.2) is 0 Å². The third-order valence-corrected chi connectivity index (χ3v) is 5.02. The zero-order valence-electron chi connectivity index (χ0n) is 14.2. The number of methoxy groups -OCH3 is 1. The lowest BCUT2D eigenvalue weighted by molar-refractivity contribution is 0.415. The largest absolute Gasteiger partial charge is 0.497 e. The summed E-state index contributed by atoms with van der Waals surface area (Å²) in [4.78, 5) is 0. The average Bonchev–Trinajstić information content (AvgIpc) is 2.97. The minimum atomic E-state index is 0.427. The molecule has 9 heteroatoms. The molecule has 0 unspecified atom stereocenters. The van der Waals surface area contributed by atoms with E-state index in [0.29, 0.717) is 27.5 Å². The molecule has 0 radical (unpaired) electrons. The fourth-order valence-corrected chi connectivity index (χ4v) is 3.43. The highest BCUT2D eigenvalue weighted by Gasteiger charge is 2.10. The number of thiocarbonyl (C=S) groups is 1. The highest BCUT2D eigenvalue weighted by atomic mass is 79.9. The van der Waals surface area contributed by atoms with E-state index in [2.05, 4.69) is 31.7 Å². The summed E-state index contributed by atoms with van der Waals surface area (Å²) in [7, 11) is 1.62. The van der Waals surface area contributed by atoms with Crippen molar-refractivity contribution in [3.63, 3.8) is 0 Å². The van der Waals surface area contributed by atoms with Crippen molar-refractivity contribution >= 4 is 68.0 Å². The predicted octanol–water partition coefficient (Wildman–Crippen LogP) is 5.82. The molecule has 0 aliphatic heterocycles. The number of aromatic nitrogens is 2. The maximum absolute atomic E-state index is 6.23. The molecule has 0 aliphatic rings. The van der Waals surface area contributed by atoms with Crippen LogP contribution < -0.4 is 15.4 Å². The molecule has 2 N–H and O–H groups in total. The van der Waals surface area contributed by atoms with Gasteiger partial charge in [0.15, 0.2) is 10.9 Å². The number of anilines is 2. The molecule has 0 amide bonds. The van der Waals surface area contributed by atoms with Gasteiger partial charge < -0.3 is 15.4 Å². The van der Waals surface area contributed by atoms with E-state index in [4.69, 9.17) is 40.2 Å². The average molecular weight is 486 g/mol. The molecule has 0 fully saturated rings. The Hall–Kier alpha value is -1.80. The van der Waals surface area contributed by atoms with Crippen molar-refractivity contribution in [2.24, 2.45) is 0 Å². The zero-order valence-corrected chi connectivity index (χ0v) is 18.1. The first-order valence-electron chi connectivity index (χ1n) is 7.83. The summed E-state index contributed by atoms with van der Waals surface area (Å²) in [5.41, 5.74) is 1.76. The van der Waals surface area contributed by atoms with Gasteiger partial charge in [0.1, 0.15) is 5.75 Å². The number of nitrogens with one attached hydrogen (secondary N) is 2. The molecule has 0 bridgehead atoms. The summed E-state index contributed by atoms with van der Waals surface area (Å²) in [5.74, 6) is 1.38. The van der Waals surface area contributed by atoms with Crippen LogP contribution in [0.25, 0.3) is 0 Å². The first kappa shape index (κ1) is 19.9. The van der Waals surface area contributed by atoms with Gasteiger partial charge in [0.2, 0.25) is 0 Å². The van der Waals surface area contributed by atoms with Gasteiger partial charge in [-0.2, -0.15) is 5.10 Å². The normalized spacial score (nSPS) is 10.5. The molecule has 3 aromatic rings. The molecule has 0 saturated heterocycles. The molecule has 0 saturated carbocycles. The van der Waals surface area contributed by atoms with Crippen LogP contribution in [0.15, 0.2) is 53.1 Å². The highest BCUT2D eigenvalue weighted by molar-refractivity contribution is 9.10. The van der Waals surface area contributed by atoms with Crippen molar-refractivity contribution in [3.05, 3.63) is 68.7 Å². The Morgan fingerprint density at radius 2 is 1.93 bits per heavy atom.